The van der Waals surface area contributed by atoms with Crippen molar-refractivity contribution in [3.8, 4) is 11.3 Å². The average Bonchev–Trinajstić information content (AvgIpc) is 3.66. The minimum Gasteiger partial charge on any atom is -0.354 e. The number of aromatic nitrogens is 4. The smallest absolute Gasteiger partial charge is 0.236 e. The lowest BCUT2D eigenvalue weighted by molar-refractivity contribution is -0.139. The highest BCUT2D eigenvalue weighted by atomic mass is 16.2. The monoisotopic (exact) mass is 583 g/mol. The minimum absolute atomic E-state index is 0.0102. The van der Waals surface area contributed by atoms with Crippen molar-refractivity contribution in [1.29, 1.82) is 0 Å². The van der Waals surface area contributed by atoms with Gasteiger partial charge in [-0.25, -0.2) is 4.98 Å². The van der Waals surface area contributed by atoms with Gasteiger partial charge >= 0.3 is 0 Å². The molecule has 4 aromatic rings. The number of likely N-dealkylation sites (tertiary alicyclic amines) is 2. The van der Waals surface area contributed by atoms with E-state index in [4.69, 9.17) is 0 Å². The lowest BCUT2D eigenvalue weighted by atomic mass is 9.87. The predicted molar refractivity (Wildman–Crippen MR) is 171 cm³/mol. The average molecular weight is 584 g/mol. The number of nitrogens with zero attached hydrogens (tertiary/aromatic N) is 5. The van der Waals surface area contributed by atoms with E-state index >= 15 is 0 Å². The van der Waals surface area contributed by atoms with Gasteiger partial charge in [0.2, 0.25) is 11.8 Å². The molecule has 0 saturated carbocycles. The highest BCUT2D eigenvalue weighted by molar-refractivity contribution is 5.98. The van der Waals surface area contributed by atoms with E-state index in [-0.39, 0.29) is 17.7 Å². The number of benzene rings is 1. The molecular weight excluding hydrogens is 538 g/mol. The van der Waals surface area contributed by atoms with Crippen molar-refractivity contribution in [1.82, 2.24) is 34.9 Å². The Morgan fingerprint density at radius 1 is 1.05 bits per heavy atom. The highest BCUT2D eigenvalue weighted by Crippen LogP contribution is 2.40. The zero-order chi connectivity index (χ0) is 30.1. The summed E-state index contributed by atoms with van der Waals surface area (Å²) in [5, 5.41) is 9.50. The Morgan fingerprint density at radius 2 is 1.84 bits per heavy atom. The topological polar surface area (TPSA) is 101 Å². The fraction of sp³-hybridized carbons (Fsp3) is 0.529. The summed E-state index contributed by atoms with van der Waals surface area (Å²) in [7, 11) is 0. The lowest BCUT2D eigenvalue weighted by Crippen LogP contribution is -2.49. The zero-order valence-corrected chi connectivity index (χ0v) is 26.0. The first-order valence-corrected chi connectivity index (χ1v) is 16.1. The highest BCUT2D eigenvalue weighted by Gasteiger charge is 2.31. The van der Waals surface area contributed by atoms with Gasteiger partial charge in [0.1, 0.15) is 0 Å². The van der Waals surface area contributed by atoms with Crippen LogP contribution in [0.4, 0.5) is 0 Å². The Hall–Kier alpha value is -3.72. The van der Waals surface area contributed by atoms with E-state index < -0.39 is 0 Å². The van der Waals surface area contributed by atoms with E-state index in [9.17, 15) is 9.59 Å². The van der Waals surface area contributed by atoms with Crippen LogP contribution in [0, 0.1) is 5.92 Å². The number of carbonyl (C=O) groups is 2. The molecule has 2 amide bonds. The molecule has 1 unspecified atom stereocenters. The summed E-state index contributed by atoms with van der Waals surface area (Å²) in [4.78, 5) is 40.5. The van der Waals surface area contributed by atoms with Crippen molar-refractivity contribution in [3.63, 3.8) is 0 Å². The van der Waals surface area contributed by atoms with Crippen molar-refractivity contribution in [2.75, 3.05) is 45.8 Å². The molecule has 0 aliphatic carbocycles. The molecule has 0 bridgehead atoms. The molecule has 9 nitrogen and oxygen atoms in total. The largest absolute Gasteiger partial charge is 0.354 e. The van der Waals surface area contributed by atoms with Gasteiger partial charge in [-0.15, -0.1) is 0 Å². The van der Waals surface area contributed by atoms with Crippen LogP contribution in [0.5, 0.6) is 0 Å². The first-order chi connectivity index (χ1) is 20.9. The summed E-state index contributed by atoms with van der Waals surface area (Å²) in [6.45, 7) is 13.6. The number of fused-ring (bicyclic) bond motifs is 2. The van der Waals surface area contributed by atoms with Crippen LogP contribution in [0.2, 0.25) is 0 Å². The van der Waals surface area contributed by atoms with Gasteiger partial charge in [-0.2, -0.15) is 5.10 Å². The number of H-pyrrole nitrogens is 2. The van der Waals surface area contributed by atoms with Crippen LogP contribution in [0.3, 0.4) is 0 Å². The second-order valence-corrected chi connectivity index (χ2v) is 12.6. The van der Waals surface area contributed by atoms with Crippen LogP contribution in [-0.4, -0.2) is 92.5 Å². The lowest BCUT2D eigenvalue weighted by Gasteiger charge is -2.37. The van der Waals surface area contributed by atoms with E-state index in [1.807, 2.05) is 36.0 Å². The third-order valence-corrected chi connectivity index (χ3v) is 9.67. The fourth-order valence-corrected chi connectivity index (χ4v) is 7.31. The molecule has 1 atom stereocenters. The first-order valence-electron chi connectivity index (χ1n) is 16.1. The van der Waals surface area contributed by atoms with E-state index in [1.165, 1.54) is 16.5 Å². The van der Waals surface area contributed by atoms with Gasteiger partial charge in [0, 0.05) is 60.8 Å². The van der Waals surface area contributed by atoms with E-state index in [1.54, 1.807) is 0 Å². The number of piperidine rings is 2. The zero-order valence-electron chi connectivity index (χ0n) is 26.0. The molecule has 0 spiro atoms. The predicted octanol–water partition coefficient (Wildman–Crippen LogP) is 5.52. The van der Waals surface area contributed by atoms with Crippen LogP contribution in [0.25, 0.3) is 33.2 Å². The van der Waals surface area contributed by atoms with Gasteiger partial charge in [0.15, 0.2) is 5.65 Å². The standard InChI is InChI=1S/C34H45N7O2/c1-5-40(6-2)34(43)25-8-7-15-39(20-25)21-30(42)41-16-12-23(13-17-41)24-9-10-29-27(18-24)31(22(3)4)32(37-29)26-11-14-35-33-28(26)19-36-38-33/h9-11,14,18-19,22-23,25,37H,5-8,12-13,15-17,20-21H2,1-4H3,(H,35,36,38). The van der Waals surface area contributed by atoms with Crippen LogP contribution in [0.1, 0.15) is 76.3 Å². The summed E-state index contributed by atoms with van der Waals surface area (Å²) in [6.07, 6.45) is 7.52. The molecule has 2 N–H and O–H groups in total. The Kier molecular flexibility index (Phi) is 8.52. The van der Waals surface area contributed by atoms with E-state index in [0.717, 1.165) is 86.2 Å². The number of carbonyl (C=O) groups excluding carboxylic acids is 2. The molecule has 2 aliphatic rings. The maximum absolute atomic E-state index is 13.3. The molecule has 0 radical (unpaired) electrons. The van der Waals surface area contributed by atoms with E-state index in [0.29, 0.717) is 24.9 Å². The third-order valence-electron chi connectivity index (χ3n) is 9.67. The van der Waals surface area contributed by atoms with Gasteiger partial charge < -0.3 is 14.8 Å². The van der Waals surface area contributed by atoms with Crippen molar-refractivity contribution < 1.29 is 9.59 Å². The van der Waals surface area contributed by atoms with E-state index in [2.05, 4.69) is 63.2 Å². The quantitative estimate of drug-likeness (QED) is 0.285. The maximum Gasteiger partial charge on any atom is 0.236 e. The van der Waals surface area contributed by atoms with Crippen molar-refractivity contribution in [2.45, 2.75) is 65.2 Å². The molecule has 9 heteroatoms. The Bertz CT molecular complexity index is 1590. The molecule has 3 aromatic heterocycles. The second-order valence-electron chi connectivity index (χ2n) is 12.6. The van der Waals surface area contributed by atoms with Gasteiger partial charge in [-0.1, -0.05) is 19.9 Å². The molecule has 43 heavy (non-hydrogen) atoms. The van der Waals surface area contributed by atoms with Crippen molar-refractivity contribution >= 4 is 33.8 Å². The summed E-state index contributed by atoms with van der Waals surface area (Å²) in [6, 6.07) is 8.92. The Morgan fingerprint density at radius 3 is 2.58 bits per heavy atom. The summed E-state index contributed by atoms with van der Waals surface area (Å²) in [5.41, 5.74) is 6.85. The second kappa shape index (κ2) is 12.5. The van der Waals surface area contributed by atoms with Crippen LogP contribution in [0.15, 0.2) is 36.7 Å². The molecule has 2 aliphatic heterocycles. The normalized spacial score (nSPS) is 18.6. The number of hydrogen-bond acceptors (Lipinski definition) is 5. The molecular formula is C34H45N7O2. The number of amides is 2. The molecule has 5 heterocycles. The van der Waals surface area contributed by atoms with Crippen LogP contribution >= 0.6 is 0 Å². The minimum atomic E-state index is 0.0102. The number of aromatic amines is 2. The van der Waals surface area contributed by atoms with Gasteiger partial charge in [0.25, 0.3) is 0 Å². The molecule has 228 valence electrons. The first kappa shape index (κ1) is 29.4. The SMILES string of the molecule is CCN(CC)C(=O)C1CCCN(CC(=O)N2CCC(c3ccc4[nH]c(-c5ccnc6[nH]ncc56)c(C(C)C)c4c3)CC2)C1. The number of nitrogens with one attached hydrogen (secondary N) is 2. The fourth-order valence-electron chi connectivity index (χ4n) is 7.31. The van der Waals surface area contributed by atoms with Crippen molar-refractivity contribution in [3.05, 3.63) is 47.8 Å². The Labute approximate surface area is 254 Å². The van der Waals surface area contributed by atoms with Gasteiger partial charge in [-0.3, -0.25) is 19.6 Å². The summed E-state index contributed by atoms with van der Waals surface area (Å²) >= 11 is 0. The molecule has 1 aromatic carbocycles. The van der Waals surface area contributed by atoms with Gasteiger partial charge in [-0.05, 0) is 87.2 Å². The third kappa shape index (κ3) is 5.79. The maximum atomic E-state index is 13.3. The summed E-state index contributed by atoms with van der Waals surface area (Å²) in [5.74, 6) is 1.22. The molecule has 6 rings (SSSR count). The van der Waals surface area contributed by atoms with Crippen molar-refractivity contribution in [2.24, 2.45) is 5.92 Å². The number of pyridine rings is 1. The summed E-state index contributed by atoms with van der Waals surface area (Å²) < 4.78 is 0. The molecule has 2 saturated heterocycles. The van der Waals surface area contributed by atoms with Gasteiger partial charge in [0.05, 0.1) is 24.4 Å². The number of hydrogen-bond donors (Lipinski definition) is 2. The van der Waals surface area contributed by atoms with Crippen LogP contribution < -0.4 is 0 Å². The molecule has 2 fully saturated rings. The Balaban J connectivity index is 1.13. The number of rotatable bonds is 8. The van der Waals surface area contributed by atoms with Crippen LogP contribution in [-0.2, 0) is 9.59 Å².